The molecule has 0 bridgehead atoms. The van der Waals surface area contributed by atoms with Gasteiger partial charge in [-0.1, -0.05) is 19.0 Å². The third-order valence-corrected chi connectivity index (χ3v) is 4.03. The fourth-order valence-corrected chi connectivity index (χ4v) is 2.91. The zero-order valence-corrected chi connectivity index (χ0v) is 14.6. The second-order valence-electron chi connectivity index (χ2n) is 6.67. The lowest BCUT2D eigenvalue weighted by molar-refractivity contribution is -0.0296. The molecule has 0 aliphatic carbocycles. The highest BCUT2D eigenvalue weighted by Gasteiger charge is 2.22. The van der Waals surface area contributed by atoms with Crippen LogP contribution in [0.5, 0.6) is 0 Å². The van der Waals surface area contributed by atoms with Gasteiger partial charge in [0.25, 0.3) is 5.91 Å². The summed E-state index contributed by atoms with van der Waals surface area (Å²) in [7, 11) is 0. The molecular formula is C18H24N4O3. The molecule has 0 aromatic carbocycles. The van der Waals surface area contributed by atoms with E-state index in [1.54, 1.807) is 24.5 Å². The molecule has 0 saturated carbocycles. The maximum Gasteiger partial charge on any atom is 0.273 e. The Hall–Kier alpha value is -2.25. The monoisotopic (exact) mass is 344 g/mol. The van der Waals surface area contributed by atoms with E-state index in [-0.39, 0.29) is 17.7 Å². The summed E-state index contributed by atoms with van der Waals surface area (Å²) in [6.45, 7) is 8.39. The topological polar surface area (TPSA) is 80.5 Å². The highest BCUT2D eigenvalue weighted by molar-refractivity contribution is 5.93. The Labute approximate surface area is 147 Å². The van der Waals surface area contributed by atoms with Gasteiger partial charge >= 0.3 is 0 Å². The van der Waals surface area contributed by atoms with E-state index in [9.17, 15) is 4.79 Å². The van der Waals surface area contributed by atoms with Crippen molar-refractivity contribution in [2.45, 2.75) is 20.0 Å². The highest BCUT2D eigenvalue weighted by atomic mass is 16.5. The minimum Gasteiger partial charge on any atom is -0.374 e. The second-order valence-corrected chi connectivity index (χ2v) is 6.67. The molecular weight excluding hydrogens is 320 g/mol. The highest BCUT2D eigenvalue weighted by Crippen LogP contribution is 2.18. The Morgan fingerprint density at radius 2 is 2.36 bits per heavy atom. The molecule has 3 heterocycles. The standard InChI is InChI=1S/C18H24N4O3/c1-13(2)11-22-6-7-24-15(12-22)10-20-18(23)16-8-17(25-21-16)14-4-3-5-19-9-14/h3-5,8-9,13,15H,6-7,10-12H2,1-2H3,(H,20,23)/t15-/m0/s1. The first-order chi connectivity index (χ1) is 12.1. The number of hydrogen-bond acceptors (Lipinski definition) is 6. The van der Waals surface area contributed by atoms with Gasteiger partial charge in [0.2, 0.25) is 0 Å². The maximum absolute atomic E-state index is 12.3. The quantitative estimate of drug-likeness (QED) is 0.861. The molecule has 2 aromatic heterocycles. The fraction of sp³-hybridized carbons (Fsp3) is 0.500. The largest absolute Gasteiger partial charge is 0.374 e. The molecule has 1 saturated heterocycles. The van der Waals surface area contributed by atoms with Crippen molar-refractivity contribution in [3.05, 3.63) is 36.3 Å². The van der Waals surface area contributed by atoms with E-state index in [1.165, 1.54) is 0 Å². The van der Waals surface area contributed by atoms with Crippen LogP contribution in [0.15, 0.2) is 35.1 Å². The van der Waals surface area contributed by atoms with Crippen molar-refractivity contribution in [1.82, 2.24) is 20.4 Å². The molecule has 1 amide bonds. The molecule has 1 aliphatic rings. The van der Waals surface area contributed by atoms with Crippen molar-refractivity contribution in [3.8, 4) is 11.3 Å². The van der Waals surface area contributed by atoms with Crippen molar-refractivity contribution >= 4 is 5.91 Å². The van der Waals surface area contributed by atoms with Gasteiger partial charge in [-0.05, 0) is 18.1 Å². The van der Waals surface area contributed by atoms with Gasteiger partial charge in [0.15, 0.2) is 11.5 Å². The molecule has 1 atom stereocenters. The molecule has 1 N–H and O–H groups in total. The van der Waals surface area contributed by atoms with Gasteiger partial charge in [-0.3, -0.25) is 14.7 Å². The number of aromatic nitrogens is 2. The molecule has 0 unspecified atom stereocenters. The number of pyridine rings is 1. The summed E-state index contributed by atoms with van der Waals surface area (Å²) in [5, 5.41) is 6.72. The number of rotatable bonds is 6. The van der Waals surface area contributed by atoms with E-state index in [0.29, 0.717) is 24.8 Å². The van der Waals surface area contributed by atoms with Crippen LogP contribution in [-0.2, 0) is 4.74 Å². The van der Waals surface area contributed by atoms with Crippen LogP contribution in [0.4, 0.5) is 0 Å². The number of carbonyl (C=O) groups excluding carboxylic acids is 1. The first-order valence-electron chi connectivity index (χ1n) is 8.61. The van der Waals surface area contributed by atoms with E-state index in [2.05, 4.69) is 34.2 Å². The minimum atomic E-state index is -0.261. The number of hydrogen-bond donors (Lipinski definition) is 1. The Morgan fingerprint density at radius 3 is 3.12 bits per heavy atom. The zero-order chi connectivity index (χ0) is 17.6. The van der Waals surface area contributed by atoms with Crippen LogP contribution in [0.2, 0.25) is 0 Å². The number of morpholine rings is 1. The molecule has 1 fully saturated rings. The third-order valence-electron chi connectivity index (χ3n) is 4.03. The van der Waals surface area contributed by atoms with Gasteiger partial charge in [-0.2, -0.15) is 0 Å². The van der Waals surface area contributed by atoms with Crippen molar-refractivity contribution in [3.63, 3.8) is 0 Å². The summed E-state index contributed by atoms with van der Waals surface area (Å²) in [6, 6.07) is 5.29. The maximum atomic E-state index is 12.3. The molecule has 7 nitrogen and oxygen atoms in total. The molecule has 3 rings (SSSR count). The van der Waals surface area contributed by atoms with E-state index in [0.717, 1.165) is 25.2 Å². The van der Waals surface area contributed by atoms with E-state index in [4.69, 9.17) is 9.26 Å². The van der Waals surface area contributed by atoms with Gasteiger partial charge in [0.1, 0.15) is 0 Å². The summed E-state index contributed by atoms with van der Waals surface area (Å²) >= 11 is 0. The Bertz CT molecular complexity index is 687. The number of nitrogens with zero attached hydrogens (tertiary/aromatic N) is 3. The Balaban J connectivity index is 1.52. The molecule has 25 heavy (non-hydrogen) atoms. The number of ether oxygens (including phenoxy) is 1. The van der Waals surface area contributed by atoms with E-state index >= 15 is 0 Å². The first-order valence-corrected chi connectivity index (χ1v) is 8.61. The van der Waals surface area contributed by atoms with Crippen LogP contribution in [0.3, 0.4) is 0 Å². The van der Waals surface area contributed by atoms with Crippen LogP contribution >= 0.6 is 0 Å². The summed E-state index contributed by atoms with van der Waals surface area (Å²) < 4.78 is 11.0. The third kappa shape index (κ3) is 4.87. The Kier molecular flexibility index (Phi) is 5.78. The van der Waals surface area contributed by atoms with Gasteiger partial charge < -0.3 is 14.6 Å². The summed E-state index contributed by atoms with van der Waals surface area (Å²) in [4.78, 5) is 18.7. The minimum absolute atomic E-state index is 0.00106. The lowest BCUT2D eigenvalue weighted by Gasteiger charge is -2.33. The summed E-state index contributed by atoms with van der Waals surface area (Å²) in [6.07, 6.45) is 3.35. The molecule has 2 aromatic rings. The number of carbonyl (C=O) groups is 1. The average molecular weight is 344 g/mol. The van der Waals surface area contributed by atoms with Crippen LogP contribution in [0.1, 0.15) is 24.3 Å². The first kappa shape index (κ1) is 17.6. The average Bonchev–Trinajstić information content (AvgIpc) is 3.10. The van der Waals surface area contributed by atoms with Crippen LogP contribution in [0.25, 0.3) is 11.3 Å². The number of amides is 1. The van der Waals surface area contributed by atoms with Gasteiger partial charge in [0, 0.05) is 50.2 Å². The van der Waals surface area contributed by atoms with Crippen LogP contribution in [0, 0.1) is 5.92 Å². The van der Waals surface area contributed by atoms with Crippen molar-refractivity contribution in [2.24, 2.45) is 5.92 Å². The molecule has 0 spiro atoms. The van der Waals surface area contributed by atoms with Crippen LogP contribution in [-0.4, -0.2) is 59.8 Å². The lowest BCUT2D eigenvalue weighted by atomic mass is 10.2. The van der Waals surface area contributed by atoms with Gasteiger partial charge in [-0.25, -0.2) is 0 Å². The summed E-state index contributed by atoms with van der Waals surface area (Å²) in [5.41, 5.74) is 1.04. The molecule has 134 valence electrons. The van der Waals surface area contributed by atoms with E-state index in [1.807, 2.05) is 6.07 Å². The van der Waals surface area contributed by atoms with Crippen molar-refractivity contribution in [1.29, 1.82) is 0 Å². The molecule has 7 heteroatoms. The van der Waals surface area contributed by atoms with Crippen LogP contribution < -0.4 is 5.32 Å². The van der Waals surface area contributed by atoms with Crippen molar-refractivity contribution in [2.75, 3.05) is 32.8 Å². The van der Waals surface area contributed by atoms with Gasteiger partial charge in [-0.15, -0.1) is 0 Å². The molecule has 1 aliphatic heterocycles. The smallest absolute Gasteiger partial charge is 0.273 e. The SMILES string of the molecule is CC(C)CN1CCO[C@@H](CNC(=O)c2cc(-c3cccnc3)on2)C1. The fourth-order valence-electron chi connectivity index (χ4n) is 2.91. The van der Waals surface area contributed by atoms with Gasteiger partial charge in [0.05, 0.1) is 12.7 Å². The zero-order valence-electron chi connectivity index (χ0n) is 14.6. The van der Waals surface area contributed by atoms with E-state index < -0.39 is 0 Å². The summed E-state index contributed by atoms with van der Waals surface area (Å²) in [5.74, 6) is 0.883. The second kappa shape index (κ2) is 8.22. The molecule has 0 radical (unpaired) electrons. The Morgan fingerprint density at radius 1 is 1.48 bits per heavy atom. The predicted octanol–water partition coefficient (Wildman–Crippen LogP) is 1.82. The number of nitrogens with one attached hydrogen (secondary N) is 1. The van der Waals surface area contributed by atoms with Crippen molar-refractivity contribution < 1.29 is 14.1 Å². The normalized spacial score (nSPS) is 18.4. The predicted molar refractivity (Wildman–Crippen MR) is 93.1 cm³/mol. The lowest BCUT2D eigenvalue weighted by Crippen LogP contribution is -2.48.